The normalized spacial score (nSPS) is 11.4. The number of carbonyl (C=O) groups is 1. The van der Waals surface area contributed by atoms with Crippen LogP contribution in [0.2, 0.25) is 0 Å². The second-order valence-electron chi connectivity index (χ2n) is 4.85. The Hall–Kier alpha value is -2.87. The molecule has 0 spiro atoms. The Morgan fingerprint density at radius 2 is 1.88 bits per heavy atom. The number of hydrogen-bond donors (Lipinski definition) is 2. The minimum atomic E-state index is -3.86. The number of amides is 1. The van der Waals surface area contributed by atoms with Crippen molar-refractivity contribution in [2.45, 2.75) is 11.8 Å². The van der Waals surface area contributed by atoms with Crippen molar-refractivity contribution >= 4 is 27.8 Å². The molecule has 0 atom stereocenters. The lowest BCUT2D eigenvalue weighted by atomic mass is 10.2. The van der Waals surface area contributed by atoms with Gasteiger partial charge in [-0.05, 0) is 48.0 Å². The number of aliphatic imine (C=N–C) groups is 1. The van der Waals surface area contributed by atoms with E-state index in [9.17, 15) is 18.3 Å². The third-order valence-corrected chi connectivity index (χ3v) is 4.44. The predicted octanol–water partition coefficient (Wildman–Crippen LogP) is 1.98. The van der Waals surface area contributed by atoms with Crippen LogP contribution in [-0.2, 0) is 14.8 Å². The molecule has 0 bridgehead atoms. The van der Waals surface area contributed by atoms with E-state index < -0.39 is 15.9 Å². The maximum atomic E-state index is 11.8. The number of phenols is 1. The summed E-state index contributed by atoms with van der Waals surface area (Å²) >= 11 is 0. The van der Waals surface area contributed by atoms with E-state index in [0.29, 0.717) is 17.0 Å². The zero-order chi connectivity index (χ0) is 17.7. The average molecular weight is 348 g/mol. The van der Waals surface area contributed by atoms with E-state index in [1.807, 2.05) is 4.72 Å². The minimum Gasteiger partial charge on any atom is -0.504 e. The fourth-order valence-corrected chi connectivity index (χ4v) is 2.89. The second kappa shape index (κ2) is 7.14. The molecule has 7 nitrogen and oxygen atoms in total. The number of sulfonamides is 1. The molecule has 126 valence electrons. The van der Waals surface area contributed by atoms with Gasteiger partial charge in [0.25, 0.3) is 10.0 Å². The Bertz CT molecular complexity index is 874. The maximum Gasteiger partial charge on any atom is 0.264 e. The van der Waals surface area contributed by atoms with Gasteiger partial charge in [0, 0.05) is 13.1 Å². The van der Waals surface area contributed by atoms with Gasteiger partial charge in [0.15, 0.2) is 11.5 Å². The molecule has 0 saturated heterocycles. The monoisotopic (exact) mass is 348 g/mol. The highest BCUT2D eigenvalue weighted by atomic mass is 32.2. The molecule has 0 heterocycles. The van der Waals surface area contributed by atoms with Crippen LogP contribution in [0.3, 0.4) is 0 Å². The van der Waals surface area contributed by atoms with Gasteiger partial charge in [-0.25, -0.2) is 13.1 Å². The number of rotatable bonds is 5. The van der Waals surface area contributed by atoms with Crippen molar-refractivity contribution in [2.24, 2.45) is 4.99 Å². The highest BCUT2D eigenvalue weighted by Gasteiger charge is 2.14. The first kappa shape index (κ1) is 17.5. The molecule has 1 amide bonds. The van der Waals surface area contributed by atoms with Crippen molar-refractivity contribution < 1.29 is 23.1 Å². The van der Waals surface area contributed by atoms with Gasteiger partial charge in [0.1, 0.15) is 0 Å². The third-order valence-electron chi connectivity index (χ3n) is 2.99. The largest absolute Gasteiger partial charge is 0.504 e. The molecule has 0 aliphatic rings. The molecule has 8 heteroatoms. The number of hydrogen-bond acceptors (Lipinski definition) is 6. The maximum absolute atomic E-state index is 11.8. The second-order valence-corrected chi connectivity index (χ2v) is 6.53. The summed E-state index contributed by atoms with van der Waals surface area (Å²) in [6.45, 7) is 1.13. The van der Waals surface area contributed by atoms with Gasteiger partial charge in [-0.2, -0.15) is 0 Å². The Kier molecular flexibility index (Phi) is 5.20. The van der Waals surface area contributed by atoms with Gasteiger partial charge in [-0.3, -0.25) is 9.79 Å². The smallest absolute Gasteiger partial charge is 0.264 e. The van der Waals surface area contributed by atoms with E-state index in [-0.39, 0.29) is 10.6 Å². The molecule has 0 unspecified atom stereocenters. The zero-order valence-corrected chi connectivity index (χ0v) is 13.9. The predicted molar refractivity (Wildman–Crippen MR) is 89.4 cm³/mol. The zero-order valence-electron chi connectivity index (χ0n) is 13.1. The van der Waals surface area contributed by atoms with E-state index in [1.54, 1.807) is 12.1 Å². The van der Waals surface area contributed by atoms with Gasteiger partial charge in [0.2, 0.25) is 5.91 Å². The van der Waals surface area contributed by atoms with Gasteiger partial charge in [-0.1, -0.05) is 0 Å². The van der Waals surface area contributed by atoms with Crippen molar-refractivity contribution in [1.82, 2.24) is 4.72 Å². The molecule has 0 aliphatic carbocycles. The fraction of sp³-hybridized carbons (Fsp3) is 0.125. The molecule has 0 radical (unpaired) electrons. The third kappa shape index (κ3) is 4.32. The molecule has 2 aromatic rings. The standard InChI is InChI=1S/C16H16N2O5S/c1-11(19)18-24(21,22)14-6-4-13(5-7-14)17-10-12-3-8-16(23-2)15(20)9-12/h3-10,20H,1-2H3,(H,18,19). The number of nitrogens with zero attached hydrogens (tertiary/aromatic N) is 1. The number of phenolic OH excluding ortho intramolecular Hbond substituents is 1. The van der Waals surface area contributed by atoms with E-state index in [2.05, 4.69) is 4.99 Å². The molecule has 2 rings (SSSR count). The van der Waals surface area contributed by atoms with Crippen LogP contribution in [0.5, 0.6) is 11.5 Å². The van der Waals surface area contributed by atoms with Crippen LogP contribution in [0.1, 0.15) is 12.5 Å². The summed E-state index contributed by atoms with van der Waals surface area (Å²) in [5.74, 6) is -0.297. The van der Waals surface area contributed by atoms with E-state index in [4.69, 9.17) is 4.74 Å². The lowest BCUT2D eigenvalue weighted by molar-refractivity contribution is -0.117. The fourth-order valence-electron chi connectivity index (χ4n) is 1.90. The van der Waals surface area contributed by atoms with Crippen LogP contribution >= 0.6 is 0 Å². The Labute approximate surface area is 139 Å². The van der Waals surface area contributed by atoms with E-state index in [1.165, 1.54) is 43.7 Å². The number of benzene rings is 2. The summed E-state index contributed by atoms with van der Waals surface area (Å²) in [6, 6.07) is 10.5. The molecule has 2 aromatic carbocycles. The molecule has 0 aliphatic heterocycles. The summed E-state index contributed by atoms with van der Waals surface area (Å²) < 4.78 is 30.5. The SMILES string of the molecule is COc1ccc(C=Nc2ccc(S(=O)(=O)NC(C)=O)cc2)cc1O. The first-order valence-electron chi connectivity index (χ1n) is 6.86. The van der Waals surface area contributed by atoms with Crippen molar-refractivity contribution in [3.63, 3.8) is 0 Å². The molecular formula is C16H16N2O5S. The Morgan fingerprint density at radius 3 is 2.42 bits per heavy atom. The number of aromatic hydroxyl groups is 1. The first-order valence-corrected chi connectivity index (χ1v) is 8.34. The van der Waals surface area contributed by atoms with Crippen LogP contribution in [-0.4, -0.2) is 32.8 Å². The molecular weight excluding hydrogens is 332 g/mol. The van der Waals surface area contributed by atoms with Crippen LogP contribution in [0, 0.1) is 0 Å². The molecule has 0 fully saturated rings. The van der Waals surface area contributed by atoms with E-state index in [0.717, 1.165) is 6.92 Å². The van der Waals surface area contributed by atoms with Crippen molar-refractivity contribution in [1.29, 1.82) is 0 Å². The van der Waals surface area contributed by atoms with Crippen molar-refractivity contribution in [3.05, 3.63) is 48.0 Å². The topological polar surface area (TPSA) is 105 Å². The van der Waals surface area contributed by atoms with Crippen LogP contribution in [0.25, 0.3) is 0 Å². The number of ether oxygens (including phenoxy) is 1. The number of nitrogens with one attached hydrogen (secondary N) is 1. The number of carbonyl (C=O) groups excluding carboxylic acids is 1. The van der Waals surface area contributed by atoms with Crippen LogP contribution in [0.15, 0.2) is 52.4 Å². The molecule has 0 aromatic heterocycles. The molecule has 2 N–H and O–H groups in total. The highest BCUT2D eigenvalue weighted by molar-refractivity contribution is 7.90. The molecule has 24 heavy (non-hydrogen) atoms. The van der Waals surface area contributed by atoms with Gasteiger partial charge in [-0.15, -0.1) is 0 Å². The number of methoxy groups -OCH3 is 1. The Morgan fingerprint density at radius 1 is 1.21 bits per heavy atom. The Balaban J connectivity index is 2.17. The minimum absolute atomic E-state index is 0.00167. The summed E-state index contributed by atoms with van der Waals surface area (Å²) in [5, 5.41) is 9.70. The van der Waals surface area contributed by atoms with Gasteiger partial charge < -0.3 is 9.84 Å². The summed E-state index contributed by atoms with van der Waals surface area (Å²) in [4.78, 5) is 15.1. The lowest BCUT2D eigenvalue weighted by Gasteiger charge is -2.05. The molecule has 0 saturated carbocycles. The van der Waals surface area contributed by atoms with Gasteiger partial charge >= 0.3 is 0 Å². The van der Waals surface area contributed by atoms with Crippen LogP contribution < -0.4 is 9.46 Å². The first-order chi connectivity index (χ1) is 11.3. The van der Waals surface area contributed by atoms with Crippen LogP contribution in [0.4, 0.5) is 5.69 Å². The van der Waals surface area contributed by atoms with Crippen molar-refractivity contribution in [2.75, 3.05) is 7.11 Å². The summed E-state index contributed by atoms with van der Waals surface area (Å²) in [6.07, 6.45) is 1.52. The quantitative estimate of drug-likeness (QED) is 0.804. The summed E-state index contributed by atoms with van der Waals surface area (Å²) in [5.41, 5.74) is 1.18. The lowest BCUT2D eigenvalue weighted by Crippen LogP contribution is -2.28. The summed E-state index contributed by atoms with van der Waals surface area (Å²) in [7, 11) is -2.40. The van der Waals surface area contributed by atoms with E-state index >= 15 is 0 Å². The van der Waals surface area contributed by atoms with Gasteiger partial charge in [0.05, 0.1) is 17.7 Å². The van der Waals surface area contributed by atoms with Crippen molar-refractivity contribution in [3.8, 4) is 11.5 Å². The highest BCUT2D eigenvalue weighted by Crippen LogP contribution is 2.26. The average Bonchev–Trinajstić information content (AvgIpc) is 2.52.